The molecular formula is C17H26N4. The normalized spacial score (nSPS) is 15.7. The molecule has 0 saturated heterocycles. The highest BCUT2D eigenvalue weighted by Gasteiger charge is 2.12. The number of aryl methyl sites for hydroxylation is 2. The Morgan fingerprint density at radius 2 is 2.00 bits per heavy atom. The molecule has 0 unspecified atom stereocenters. The van der Waals surface area contributed by atoms with Gasteiger partial charge in [0.15, 0.2) is 0 Å². The third kappa shape index (κ3) is 4.71. The summed E-state index contributed by atoms with van der Waals surface area (Å²) in [6.45, 7) is 5.78. The summed E-state index contributed by atoms with van der Waals surface area (Å²) >= 11 is 0. The first-order valence-corrected chi connectivity index (χ1v) is 8.06. The lowest BCUT2D eigenvalue weighted by atomic mass is 9.95. The van der Waals surface area contributed by atoms with Gasteiger partial charge in [0.25, 0.3) is 0 Å². The highest BCUT2D eigenvalue weighted by molar-refractivity contribution is 5.59. The molecule has 2 rings (SSSR count). The lowest BCUT2D eigenvalue weighted by molar-refractivity contribution is 0.373. The molecule has 2 N–H and O–H groups in total. The predicted molar refractivity (Wildman–Crippen MR) is 86.4 cm³/mol. The molecule has 1 aliphatic rings. The average molecular weight is 286 g/mol. The van der Waals surface area contributed by atoms with E-state index >= 15 is 0 Å². The summed E-state index contributed by atoms with van der Waals surface area (Å²) in [4.78, 5) is 4.34. The van der Waals surface area contributed by atoms with Crippen LogP contribution < -0.4 is 10.6 Å². The van der Waals surface area contributed by atoms with Crippen LogP contribution in [0.1, 0.15) is 55.5 Å². The third-order valence-corrected chi connectivity index (χ3v) is 4.15. The molecule has 0 aromatic carbocycles. The Morgan fingerprint density at radius 1 is 1.24 bits per heavy atom. The summed E-state index contributed by atoms with van der Waals surface area (Å²) in [5.41, 5.74) is 3.34. The maximum absolute atomic E-state index is 9.22. The fourth-order valence-electron chi connectivity index (χ4n) is 3.03. The fourth-order valence-corrected chi connectivity index (χ4v) is 3.03. The average Bonchev–Trinajstić information content (AvgIpc) is 2.47. The molecule has 1 fully saturated rings. The largest absolute Gasteiger partial charge is 0.384 e. The van der Waals surface area contributed by atoms with Crippen molar-refractivity contribution in [3.8, 4) is 6.07 Å². The second kappa shape index (κ2) is 7.99. The number of aromatic nitrogens is 1. The minimum absolute atomic E-state index is 0.667. The molecule has 4 nitrogen and oxygen atoms in total. The summed E-state index contributed by atoms with van der Waals surface area (Å²) in [6.07, 6.45) is 7.87. The van der Waals surface area contributed by atoms with E-state index in [1.807, 2.05) is 19.9 Å². The Kier molecular flexibility index (Phi) is 6.01. The summed E-state index contributed by atoms with van der Waals surface area (Å²) in [7, 11) is 0. The summed E-state index contributed by atoms with van der Waals surface area (Å²) in [5.74, 6) is 0. The van der Waals surface area contributed by atoms with E-state index in [1.54, 1.807) is 0 Å². The number of anilines is 1. The molecule has 0 radical (unpaired) electrons. The molecule has 1 aliphatic carbocycles. The Hall–Kier alpha value is -1.60. The van der Waals surface area contributed by atoms with Crippen LogP contribution in [0.25, 0.3) is 0 Å². The number of nitriles is 1. The Morgan fingerprint density at radius 3 is 2.71 bits per heavy atom. The SMILES string of the molecule is Cc1cc(NCCCNC2CCCCC2)c(C#N)c(C)n1. The molecule has 1 aromatic rings. The van der Waals surface area contributed by atoms with E-state index in [4.69, 9.17) is 0 Å². The van der Waals surface area contributed by atoms with E-state index in [2.05, 4.69) is 21.7 Å². The minimum Gasteiger partial charge on any atom is -0.384 e. The van der Waals surface area contributed by atoms with Crippen molar-refractivity contribution in [3.63, 3.8) is 0 Å². The smallest absolute Gasteiger partial charge is 0.103 e. The van der Waals surface area contributed by atoms with E-state index in [-0.39, 0.29) is 0 Å². The van der Waals surface area contributed by atoms with Crippen molar-refractivity contribution in [2.45, 2.75) is 58.4 Å². The minimum atomic E-state index is 0.667. The second-order valence-corrected chi connectivity index (χ2v) is 5.95. The lowest BCUT2D eigenvalue weighted by Crippen LogP contribution is -2.32. The first-order valence-electron chi connectivity index (χ1n) is 8.06. The number of nitrogens with zero attached hydrogens (tertiary/aromatic N) is 2. The van der Waals surface area contributed by atoms with Crippen LogP contribution in [0.4, 0.5) is 5.69 Å². The van der Waals surface area contributed by atoms with Gasteiger partial charge in [0.1, 0.15) is 6.07 Å². The standard InChI is InChI=1S/C17H26N4/c1-13-11-17(16(12-18)14(2)21-13)20-10-6-9-19-15-7-4-3-5-8-15/h11,15,19H,3-10H2,1-2H3,(H,20,21). The van der Waals surface area contributed by atoms with E-state index in [9.17, 15) is 5.26 Å². The van der Waals surface area contributed by atoms with Crippen LogP contribution in [0, 0.1) is 25.2 Å². The zero-order valence-electron chi connectivity index (χ0n) is 13.2. The van der Waals surface area contributed by atoms with Crippen LogP contribution in [0.2, 0.25) is 0 Å². The Bertz CT molecular complexity index is 498. The fraction of sp³-hybridized carbons (Fsp3) is 0.647. The van der Waals surface area contributed by atoms with Crippen molar-refractivity contribution in [1.29, 1.82) is 5.26 Å². The molecule has 1 heterocycles. The lowest BCUT2D eigenvalue weighted by Gasteiger charge is -2.22. The highest BCUT2D eigenvalue weighted by atomic mass is 14.9. The van der Waals surface area contributed by atoms with Gasteiger partial charge in [0, 0.05) is 18.3 Å². The van der Waals surface area contributed by atoms with Gasteiger partial charge in [-0.2, -0.15) is 5.26 Å². The van der Waals surface area contributed by atoms with Gasteiger partial charge >= 0.3 is 0 Å². The first-order chi connectivity index (χ1) is 10.2. The van der Waals surface area contributed by atoms with Crippen LogP contribution in [-0.4, -0.2) is 24.1 Å². The summed E-state index contributed by atoms with van der Waals surface area (Å²) < 4.78 is 0. The van der Waals surface area contributed by atoms with Gasteiger partial charge < -0.3 is 10.6 Å². The summed E-state index contributed by atoms with van der Waals surface area (Å²) in [6, 6.07) is 4.92. The van der Waals surface area contributed by atoms with Crippen LogP contribution >= 0.6 is 0 Å². The zero-order chi connectivity index (χ0) is 15.1. The Labute approximate surface area is 128 Å². The van der Waals surface area contributed by atoms with Gasteiger partial charge in [-0.1, -0.05) is 19.3 Å². The first kappa shape index (κ1) is 15.8. The van der Waals surface area contributed by atoms with Crippen molar-refractivity contribution in [2.24, 2.45) is 0 Å². The molecule has 1 aromatic heterocycles. The van der Waals surface area contributed by atoms with Gasteiger partial charge in [-0.05, 0) is 45.7 Å². The molecule has 21 heavy (non-hydrogen) atoms. The summed E-state index contributed by atoms with van der Waals surface area (Å²) in [5, 5.41) is 16.2. The zero-order valence-corrected chi connectivity index (χ0v) is 13.2. The molecule has 114 valence electrons. The maximum Gasteiger partial charge on any atom is 0.103 e. The molecule has 0 aliphatic heterocycles. The van der Waals surface area contributed by atoms with E-state index in [1.165, 1.54) is 32.1 Å². The van der Waals surface area contributed by atoms with Gasteiger partial charge in [-0.15, -0.1) is 0 Å². The van der Waals surface area contributed by atoms with Gasteiger partial charge in [0.05, 0.1) is 16.9 Å². The van der Waals surface area contributed by atoms with Crippen molar-refractivity contribution in [1.82, 2.24) is 10.3 Å². The molecule has 0 atom stereocenters. The number of hydrogen-bond acceptors (Lipinski definition) is 4. The maximum atomic E-state index is 9.22. The van der Waals surface area contributed by atoms with E-state index in [0.717, 1.165) is 42.6 Å². The third-order valence-electron chi connectivity index (χ3n) is 4.15. The van der Waals surface area contributed by atoms with Crippen molar-refractivity contribution < 1.29 is 0 Å². The molecule has 0 spiro atoms. The van der Waals surface area contributed by atoms with E-state index in [0.29, 0.717) is 5.56 Å². The van der Waals surface area contributed by atoms with Crippen molar-refractivity contribution in [3.05, 3.63) is 23.0 Å². The van der Waals surface area contributed by atoms with Crippen LogP contribution in [-0.2, 0) is 0 Å². The van der Waals surface area contributed by atoms with Gasteiger partial charge in [-0.3, -0.25) is 4.98 Å². The molecular weight excluding hydrogens is 260 g/mol. The number of nitrogens with one attached hydrogen (secondary N) is 2. The van der Waals surface area contributed by atoms with Crippen molar-refractivity contribution in [2.75, 3.05) is 18.4 Å². The molecule has 0 bridgehead atoms. The van der Waals surface area contributed by atoms with Crippen LogP contribution in [0.5, 0.6) is 0 Å². The van der Waals surface area contributed by atoms with Crippen LogP contribution in [0.15, 0.2) is 6.07 Å². The number of hydrogen-bond donors (Lipinski definition) is 2. The quantitative estimate of drug-likeness (QED) is 0.788. The van der Waals surface area contributed by atoms with Crippen molar-refractivity contribution >= 4 is 5.69 Å². The Balaban J connectivity index is 1.74. The van der Waals surface area contributed by atoms with E-state index < -0.39 is 0 Å². The highest BCUT2D eigenvalue weighted by Crippen LogP contribution is 2.19. The molecule has 4 heteroatoms. The van der Waals surface area contributed by atoms with Crippen LogP contribution in [0.3, 0.4) is 0 Å². The predicted octanol–water partition coefficient (Wildman–Crippen LogP) is 3.29. The monoisotopic (exact) mass is 286 g/mol. The van der Waals surface area contributed by atoms with Gasteiger partial charge in [-0.25, -0.2) is 0 Å². The molecule has 0 amide bonds. The van der Waals surface area contributed by atoms with Gasteiger partial charge in [0.2, 0.25) is 0 Å². The molecule has 1 saturated carbocycles. The number of pyridine rings is 1. The second-order valence-electron chi connectivity index (χ2n) is 5.95. The number of rotatable bonds is 6. The topological polar surface area (TPSA) is 60.7 Å².